The van der Waals surface area contributed by atoms with E-state index in [-0.39, 0.29) is 5.60 Å². The fourth-order valence-corrected chi connectivity index (χ4v) is 10.7. The number of aromatic hydroxyl groups is 1. The summed E-state index contributed by atoms with van der Waals surface area (Å²) in [7, 11) is -2.04. The fraction of sp³-hybridized carbons (Fsp3) is 0.806. The molecule has 1 heterocycles. The molecule has 1 saturated heterocycles. The molecule has 1 aliphatic heterocycles. The van der Waals surface area contributed by atoms with Crippen LogP contribution in [0.25, 0.3) is 0 Å². The van der Waals surface area contributed by atoms with Gasteiger partial charge in [0.15, 0.2) is 8.32 Å². The van der Waals surface area contributed by atoms with Gasteiger partial charge in [-0.05, 0) is 68.3 Å². The first-order chi connectivity index (χ1) is 16.3. The number of para-hydroxylation sites is 1. The lowest BCUT2D eigenvalue weighted by atomic mass is 9.95. The largest absolute Gasteiger partial charge is 0.508 e. The van der Waals surface area contributed by atoms with Gasteiger partial charge in [-0.1, -0.05) is 116 Å². The van der Waals surface area contributed by atoms with Crippen LogP contribution in [0.2, 0.25) is 17.6 Å². The normalized spacial score (nSPS) is 31.1. The molecule has 1 aromatic rings. The third-order valence-electron chi connectivity index (χ3n) is 9.30. The van der Waals surface area contributed by atoms with Crippen molar-refractivity contribution in [2.24, 2.45) is 0 Å². The van der Waals surface area contributed by atoms with E-state index >= 15 is 0 Å². The van der Waals surface area contributed by atoms with E-state index in [4.69, 9.17) is 4.43 Å². The molecular weight excluding hydrogens is 432 g/mol. The van der Waals surface area contributed by atoms with Crippen molar-refractivity contribution < 1.29 is 9.53 Å². The molecule has 3 unspecified atom stereocenters. The van der Waals surface area contributed by atoms with Gasteiger partial charge in [-0.3, -0.25) is 0 Å². The van der Waals surface area contributed by atoms with Crippen LogP contribution in [0, 0.1) is 0 Å². The summed E-state index contributed by atoms with van der Waals surface area (Å²) >= 11 is 0. The molecular formula is C31H56O2Si. The van der Waals surface area contributed by atoms with Crippen LogP contribution in [0.4, 0.5) is 0 Å². The van der Waals surface area contributed by atoms with Gasteiger partial charge in [0.25, 0.3) is 0 Å². The zero-order chi connectivity index (χ0) is 24.9. The molecule has 0 bridgehead atoms. The number of hydrogen-bond acceptors (Lipinski definition) is 2. The molecule has 0 saturated carbocycles. The highest BCUT2D eigenvalue weighted by atomic mass is 28.4. The predicted octanol–water partition coefficient (Wildman–Crippen LogP) is 10.3. The van der Waals surface area contributed by atoms with Crippen molar-refractivity contribution in [3.63, 3.8) is 0 Å². The van der Waals surface area contributed by atoms with Crippen molar-refractivity contribution in [1.82, 2.24) is 0 Å². The topological polar surface area (TPSA) is 29.5 Å². The zero-order valence-electron chi connectivity index (χ0n) is 23.4. The Hall–Kier alpha value is -0.803. The van der Waals surface area contributed by atoms with Crippen LogP contribution in [-0.2, 0) is 10.8 Å². The van der Waals surface area contributed by atoms with Crippen LogP contribution in [0.3, 0.4) is 0 Å². The minimum atomic E-state index is -2.04. The summed E-state index contributed by atoms with van der Waals surface area (Å²) in [6.45, 7) is 12.3. The molecule has 1 fully saturated rings. The molecule has 1 aliphatic rings. The van der Waals surface area contributed by atoms with Gasteiger partial charge in [-0.25, -0.2) is 0 Å². The second-order valence-electron chi connectivity index (χ2n) is 11.9. The number of phenols is 1. The van der Waals surface area contributed by atoms with Crippen molar-refractivity contribution in [3.8, 4) is 5.75 Å². The molecule has 2 nitrogen and oxygen atoms in total. The summed E-state index contributed by atoms with van der Waals surface area (Å²) in [6.07, 6.45) is 22.2. The van der Waals surface area contributed by atoms with Crippen molar-refractivity contribution in [2.75, 3.05) is 0 Å². The Bertz CT molecular complexity index is 692. The number of benzene rings is 1. The molecule has 3 atom stereocenters. The molecule has 0 amide bonds. The number of rotatable bonds is 6. The summed E-state index contributed by atoms with van der Waals surface area (Å²) in [6, 6.07) is 9.05. The van der Waals surface area contributed by atoms with Gasteiger partial charge in [0.05, 0.1) is 5.60 Å². The lowest BCUT2D eigenvalue weighted by Crippen LogP contribution is -2.52. The molecule has 2 rings (SSSR count). The van der Waals surface area contributed by atoms with Gasteiger partial charge in [0, 0.05) is 0 Å². The van der Waals surface area contributed by atoms with Crippen molar-refractivity contribution in [1.29, 1.82) is 0 Å². The first kappa shape index (κ1) is 29.4. The molecule has 0 spiro atoms. The van der Waals surface area contributed by atoms with E-state index in [1.54, 1.807) is 0 Å². The van der Waals surface area contributed by atoms with Crippen molar-refractivity contribution in [2.45, 2.75) is 160 Å². The Balaban J connectivity index is 2.20. The highest BCUT2D eigenvalue weighted by Crippen LogP contribution is 2.51. The van der Waals surface area contributed by atoms with Crippen LogP contribution < -0.4 is 0 Å². The molecule has 1 N–H and O–H groups in total. The Labute approximate surface area is 213 Å². The molecule has 1 aromatic carbocycles. The van der Waals surface area contributed by atoms with Crippen molar-refractivity contribution >= 4 is 8.32 Å². The van der Waals surface area contributed by atoms with E-state index in [0.29, 0.717) is 10.8 Å². The van der Waals surface area contributed by atoms with Crippen LogP contribution in [0.1, 0.15) is 136 Å². The second-order valence-corrected chi connectivity index (χ2v) is 16.3. The van der Waals surface area contributed by atoms with Gasteiger partial charge < -0.3 is 9.53 Å². The maximum Gasteiger partial charge on any atom is 0.196 e. The summed E-state index contributed by atoms with van der Waals surface area (Å²) in [5, 5.41) is 10.6. The number of aryl methyl sites for hydroxylation is 1. The Morgan fingerprint density at radius 2 is 1.32 bits per heavy atom. The van der Waals surface area contributed by atoms with Gasteiger partial charge in [0.2, 0.25) is 0 Å². The van der Waals surface area contributed by atoms with Gasteiger partial charge in [-0.15, -0.1) is 0 Å². The molecule has 0 aliphatic carbocycles. The summed E-state index contributed by atoms with van der Waals surface area (Å²) < 4.78 is 7.45. The maximum absolute atomic E-state index is 10.3. The van der Waals surface area contributed by atoms with Crippen LogP contribution in [0.5, 0.6) is 5.75 Å². The zero-order valence-corrected chi connectivity index (χ0v) is 24.4. The molecule has 34 heavy (non-hydrogen) atoms. The average molecular weight is 489 g/mol. The van der Waals surface area contributed by atoms with E-state index in [9.17, 15) is 5.11 Å². The lowest BCUT2D eigenvalue weighted by molar-refractivity contribution is 0.0510. The Morgan fingerprint density at radius 3 is 1.85 bits per heavy atom. The first-order valence-corrected chi connectivity index (χ1v) is 17.4. The standard InChI is InChI=1S/C31H56O2Si/c1-6-30(3)25-19-15-13-11-9-8-10-12-14-16-20-26-31(4,7-2)34(5,33-30)27-21-23-28-22-17-18-24-29(28)32/h17-18,22,24,32H,6-16,19-21,23,25-27H2,1-5H3. The monoisotopic (exact) mass is 488 g/mol. The molecule has 0 aromatic heterocycles. The molecule has 3 heteroatoms. The van der Waals surface area contributed by atoms with Crippen LogP contribution >= 0.6 is 0 Å². The Morgan fingerprint density at radius 1 is 0.794 bits per heavy atom. The highest BCUT2D eigenvalue weighted by Gasteiger charge is 2.49. The lowest BCUT2D eigenvalue weighted by Gasteiger charge is -2.49. The van der Waals surface area contributed by atoms with Gasteiger partial charge in [0.1, 0.15) is 5.75 Å². The average Bonchev–Trinajstić information content (AvgIpc) is 2.82. The van der Waals surface area contributed by atoms with E-state index in [1.807, 2.05) is 18.2 Å². The van der Waals surface area contributed by atoms with E-state index in [0.717, 1.165) is 24.8 Å². The predicted molar refractivity (Wildman–Crippen MR) is 151 cm³/mol. The molecule has 196 valence electrons. The minimum absolute atomic E-state index is 0.000243. The fourth-order valence-electron chi connectivity index (χ4n) is 6.08. The van der Waals surface area contributed by atoms with Gasteiger partial charge in [-0.2, -0.15) is 0 Å². The van der Waals surface area contributed by atoms with Crippen molar-refractivity contribution in [3.05, 3.63) is 29.8 Å². The molecule has 0 radical (unpaired) electrons. The summed E-state index contributed by atoms with van der Waals surface area (Å²) in [5.41, 5.74) is 1.08. The Kier molecular flexibility index (Phi) is 12.7. The SMILES string of the molecule is CCC1(C)CCCCCCCCCCCCCC(C)(CC)[Si](C)(CCCc2ccccc2O)O1. The maximum atomic E-state index is 10.3. The van der Waals surface area contributed by atoms with E-state index < -0.39 is 8.32 Å². The smallest absolute Gasteiger partial charge is 0.196 e. The quantitative estimate of drug-likeness (QED) is 0.403. The summed E-state index contributed by atoms with van der Waals surface area (Å²) in [4.78, 5) is 0. The highest BCUT2D eigenvalue weighted by molar-refractivity contribution is 6.75. The third-order valence-corrected chi connectivity index (χ3v) is 14.7. The van der Waals surface area contributed by atoms with Gasteiger partial charge >= 0.3 is 0 Å². The van der Waals surface area contributed by atoms with Crippen LogP contribution in [0.15, 0.2) is 24.3 Å². The second kappa shape index (κ2) is 14.7. The number of hydrogen-bond donors (Lipinski definition) is 1. The van der Waals surface area contributed by atoms with E-state index in [2.05, 4.69) is 40.3 Å². The van der Waals surface area contributed by atoms with Crippen LogP contribution in [-0.4, -0.2) is 19.0 Å². The third kappa shape index (κ3) is 9.01. The summed E-state index contributed by atoms with van der Waals surface area (Å²) in [5.74, 6) is 0.445. The minimum Gasteiger partial charge on any atom is -0.508 e. The number of phenolic OH excluding ortho intramolecular Hbond substituents is 1. The van der Waals surface area contributed by atoms with E-state index in [1.165, 1.54) is 95.9 Å². The first-order valence-electron chi connectivity index (χ1n) is 14.7.